The van der Waals surface area contributed by atoms with E-state index in [1.165, 1.54) is 11.8 Å². The van der Waals surface area contributed by atoms with Crippen LogP contribution in [0.3, 0.4) is 0 Å². The van der Waals surface area contributed by atoms with E-state index >= 15 is 0 Å². The first-order valence-corrected chi connectivity index (χ1v) is 7.52. The first-order chi connectivity index (χ1) is 6.59. The Kier molecular flexibility index (Phi) is 1.79. The predicted molar refractivity (Wildman–Crippen MR) is 55.2 cm³/mol. The van der Waals surface area contributed by atoms with Gasteiger partial charge in [0.25, 0.3) is 0 Å². The number of nitrogens with zero attached hydrogens (tertiary/aromatic N) is 3. The molecule has 2 aliphatic heterocycles. The summed E-state index contributed by atoms with van der Waals surface area (Å²) >= 11 is 4.74. The minimum absolute atomic E-state index is 0.0463. The van der Waals surface area contributed by atoms with Crippen LogP contribution in [-0.4, -0.2) is 38.3 Å². The Hall–Kier alpha value is -0.0800. The quantitative estimate of drug-likeness (QED) is 0.650. The third kappa shape index (κ3) is 1.04. The van der Waals surface area contributed by atoms with E-state index in [2.05, 4.69) is 26.1 Å². The molecule has 1 aromatic rings. The molecule has 0 saturated carbocycles. The van der Waals surface area contributed by atoms with Gasteiger partial charge >= 0.3 is 0 Å². The molecule has 3 rings (SSSR count). The molecule has 14 heavy (non-hydrogen) atoms. The van der Waals surface area contributed by atoms with Crippen molar-refractivity contribution in [1.29, 1.82) is 0 Å². The maximum atomic E-state index is 11.6. The minimum Gasteiger partial charge on any atom is -0.302 e. The number of halogens is 1. The molecule has 1 saturated heterocycles. The Morgan fingerprint density at radius 3 is 3.21 bits per heavy atom. The number of hydrogen-bond acceptors (Lipinski definition) is 5. The van der Waals surface area contributed by atoms with Gasteiger partial charge in [0.15, 0.2) is 15.0 Å². The molecule has 0 spiro atoms. The molecule has 0 radical (unpaired) electrons. The van der Waals surface area contributed by atoms with Crippen LogP contribution >= 0.6 is 27.7 Å². The average Bonchev–Trinajstić information content (AvgIpc) is 2.65. The lowest BCUT2D eigenvalue weighted by Gasteiger charge is -2.11. The first-order valence-electron chi connectivity index (χ1n) is 4.01. The third-order valence-corrected chi connectivity index (χ3v) is 8.01. The van der Waals surface area contributed by atoms with Crippen LogP contribution in [0.2, 0.25) is 0 Å². The highest BCUT2D eigenvalue weighted by molar-refractivity contribution is 9.11. The molecule has 0 aromatic carbocycles. The fraction of sp³-hybridized carbons (Fsp3) is 0.667. The molecular formula is C6H6BrN3O2S2. The number of aromatic nitrogens is 3. The molecule has 2 aliphatic rings. The fourth-order valence-corrected chi connectivity index (χ4v) is 6.76. The highest BCUT2D eigenvalue weighted by Gasteiger charge is 2.51. The van der Waals surface area contributed by atoms with Gasteiger partial charge in [0.1, 0.15) is 10.5 Å². The average molecular weight is 296 g/mol. The largest absolute Gasteiger partial charge is 0.302 e. The van der Waals surface area contributed by atoms with E-state index < -0.39 is 14.0 Å². The van der Waals surface area contributed by atoms with Gasteiger partial charge in [-0.2, -0.15) is 0 Å². The molecule has 76 valence electrons. The van der Waals surface area contributed by atoms with Gasteiger partial charge in [-0.1, -0.05) is 27.7 Å². The summed E-state index contributed by atoms with van der Waals surface area (Å²) < 4.78 is 24.5. The number of alkyl halides is 1. The molecule has 0 unspecified atom stereocenters. The summed E-state index contributed by atoms with van der Waals surface area (Å²) in [6.07, 6.45) is 1.60. The smallest absolute Gasteiger partial charge is 0.191 e. The molecule has 0 N–H and O–H groups in total. The summed E-state index contributed by atoms with van der Waals surface area (Å²) in [7, 11) is -2.99. The van der Waals surface area contributed by atoms with Crippen LogP contribution in [0, 0.1) is 0 Å². The third-order valence-electron chi connectivity index (χ3n) is 2.51. The van der Waals surface area contributed by atoms with Gasteiger partial charge in [-0.05, 0) is 0 Å². The van der Waals surface area contributed by atoms with Crippen molar-refractivity contribution in [3.05, 3.63) is 6.33 Å². The van der Waals surface area contributed by atoms with E-state index in [1.54, 1.807) is 6.33 Å². The van der Waals surface area contributed by atoms with Gasteiger partial charge < -0.3 is 4.57 Å². The van der Waals surface area contributed by atoms with Crippen molar-refractivity contribution < 1.29 is 8.42 Å². The van der Waals surface area contributed by atoms with Crippen LogP contribution in [0.4, 0.5) is 0 Å². The lowest BCUT2D eigenvalue weighted by atomic mass is 10.2. The van der Waals surface area contributed by atoms with E-state index in [9.17, 15) is 8.42 Å². The van der Waals surface area contributed by atoms with Crippen molar-refractivity contribution in [2.24, 2.45) is 0 Å². The van der Waals surface area contributed by atoms with Crippen LogP contribution in [-0.2, 0) is 9.84 Å². The number of hydrogen-bond donors (Lipinski definition) is 0. The predicted octanol–water partition coefficient (Wildman–Crippen LogP) is 0.443. The number of thioether (sulfide) groups is 1. The van der Waals surface area contributed by atoms with Crippen molar-refractivity contribution in [3.63, 3.8) is 0 Å². The van der Waals surface area contributed by atoms with Crippen LogP contribution in [0.15, 0.2) is 11.5 Å². The zero-order valence-corrected chi connectivity index (χ0v) is 10.1. The normalized spacial score (nSPS) is 38.2. The number of fused-ring (bicyclic) bond motifs is 3. The fourth-order valence-electron chi connectivity index (χ4n) is 1.87. The zero-order chi connectivity index (χ0) is 9.92. The second-order valence-electron chi connectivity index (χ2n) is 3.35. The standard InChI is InChI=1S/C6H6BrN3O2S2/c7-5-4-3(1-14(5,11)12)13-6-9-8-2-10(4)6/h2-5H,1H2/t3-,4+,5+/m0/s1. The lowest BCUT2D eigenvalue weighted by molar-refractivity contribution is 0.537. The summed E-state index contributed by atoms with van der Waals surface area (Å²) in [5.41, 5.74) is 0. The van der Waals surface area contributed by atoms with Crippen LogP contribution in [0.5, 0.6) is 0 Å². The van der Waals surface area contributed by atoms with Gasteiger partial charge in [-0.3, -0.25) is 0 Å². The van der Waals surface area contributed by atoms with Gasteiger partial charge in [0.05, 0.1) is 11.8 Å². The van der Waals surface area contributed by atoms with Crippen molar-refractivity contribution >= 4 is 37.5 Å². The molecule has 5 nitrogen and oxygen atoms in total. The SMILES string of the molecule is O=S1(=O)C[C@@H]2Sc3nncn3[C@H]2[C@@H]1Br. The van der Waals surface area contributed by atoms with Crippen LogP contribution in [0.25, 0.3) is 0 Å². The van der Waals surface area contributed by atoms with Gasteiger partial charge in [-0.15, -0.1) is 10.2 Å². The van der Waals surface area contributed by atoms with E-state index in [0.29, 0.717) is 0 Å². The maximum absolute atomic E-state index is 11.6. The van der Waals surface area contributed by atoms with Gasteiger partial charge in [0, 0.05) is 5.25 Å². The minimum atomic E-state index is -2.99. The molecular weight excluding hydrogens is 290 g/mol. The Labute approximate surface area is 93.3 Å². The lowest BCUT2D eigenvalue weighted by Crippen LogP contribution is -2.18. The summed E-state index contributed by atoms with van der Waals surface area (Å²) in [6, 6.07) is -0.0463. The Balaban J connectivity index is 2.12. The summed E-state index contributed by atoms with van der Waals surface area (Å²) in [5.74, 6) is 0.224. The van der Waals surface area contributed by atoms with Crippen molar-refractivity contribution in [1.82, 2.24) is 14.8 Å². The van der Waals surface area contributed by atoms with E-state index in [4.69, 9.17) is 0 Å². The second kappa shape index (κ2) is 2.73. The maximum Gasteiger partial charge on any atom is 0.191 e. The molecule has 8 heteroatoms. The molecule has 3 heterocycles. The summed E-state index contributed by atoms with van der Waals surface area (Å²) in [4.78, 5) is 0. The molecule has 0 amide bonds. The summed E-state index contributed by atoms with van der Waals surface area (Å²) in [6.45, 7) is 0. The summed E-state index contributed by atoms with van der Waals surface area (Å²) in [5, 5.41) is 8.60. The van der Waals surface area contributed by atoms with E-state index in [1.807, 2.05) is 4.57 Å². The highest BCUT2D eigenvalue weighted by atomic mass is 79.9. The Morgan fingerprint density at radius 1 is 1.64 bits per heavy atom. The van der Waals surface area contributed by atoms with Gasteiger partial charge in [0.2, 0.25) is 0 Å². The van der Waals surface area contributed by atoms with Crippen molar-refractivity contribution in [2.45, 2.75) is 20.6 Å². The number of rotatable bonds is 0. The molecule has 1 aromatic heterocycles. The monoisotopic (exact) mass is 295 g/mol. The van der Waals surface area contributed by atoms with E-state index in [-0.39, 0.29) is 17.0 Å². The molecule has 1 fully saturated rings. The Morgan fingerprint density at radius 2 is 2.43 bits per heavy atom. The van der Waals surface area contributed by atoms with Crippen LogP contribution < -0.4 is 0 Å². The topological polar surface area (TPSA) is 64.8 Å². The Bertz CT molecular complexity index is 485. The van der Waals surface area contributed by atoms with Crippen LogP contribution in [0.1, 0.15) is 6.04 Å². The zero-order valence-electron chi connectivity index (χ0n) is 6.87. The van der Waals surface area contributed by atoms with E-state index in [0.717, 1.165) is 5.16 Å². The van der Waals surface area contributed by atoms with Crippen molar-refractivity contribution in [3.8, 4) is 0 Å². The first kappa shape index (κ1) is 9.17. The molecule has 3 atom stereocenters. The van der Waals surface area contributed by atoms with Gasteiger partial charge in [-0.25, -0.2) is 8.42 Å². The molecule has 0 aliphatic carbocycles. The highest BCUT2D eigenvalue weighted by Crippen LogP contribution is 2.49. The second-order valence-corrected chi connectivity index (χ2v) is 8.31. The molecule has 0 bridgehead atoms. The van der Waals surface area contributed by atoms with Crippen molar-refractivity contribution in [2.75, 3.05) is 5.75 Å². The number of sulfone groups is 1.